The smallest absolute Gasteiger partial charge is 1.00 e. The second-order valence-electron chi connectivity index (χ2n) is 2.13. The first-order valence-corrected chi connectivity index (χ1v) is 4.95. The van der Waals surface area contributed by atoms with E-state index in [-0.39, 0.29) is 31.0 Å². The van der Waals surface area contributed by atoms with Gasteiger partial charge in [0.15, 0.2) is 0 Å². The van der Waals surface area contributed by atoms with Crippen LogP contribution in [0.15, 0.2) is 12.2 Å². The monoisotopic (exact) mass is 248 g/mol. The van der Waals surface area contributed by atoms with Crippen LogP contribution in [0, 0.1) is 0 Å². The van der Waals surface area contributed by atoms with Crippen LogP contribution in [-0.4, -0.2) is 42.4 Å². The molecule has 0 heterocycles. The minimum atomic E-state index is -4.17. The standard InChI is InChI=1S/C6H8O7S.Na.H/c7-5(8)1-2-6(9)13-3-4-14(10,11)12;;/h1-2H,3-4H2,(H,7,8)(H,10,11,12);;/q;+1;-1/b2-1-;;. The van der Waals surface area contributed by atoms with E-state index in [2.05, 4.69) is 4.74 Å². The second kappa shape index (κ2) is 7.83. The Morgan fingerprint density at radius 3 is 2.27 bits per heavy atom. The van der Waals surface area contributed by atoms with Crippen molar-refractivity contribution in [3.63, 3.8) is 0 Å². The first kappa shape index (κ1) is 17.0. The van der Waals surface area contributed by atoms with Crippen LogP contribution in [0.3, 0.4) is 0 Å². The van der Waals surface area contributed by atoms with Crippen molar-refractivity contribution in [1.82, 2.24) is 0 Å². The molecule has 0 unspecified atom stereocenters. The van der Waals surface area contributed by atoms with Gasteiger partial charge in [-0.25, -0.2) is 9.59 Å². The third kappa shape index (κ3) is 13.6. The van der Waals surface area contributed by atoms with Crippen molar-refractivity contribution in [3.05, 3.63) is 12.2 Å². The number of carbonyl (C=O) groups excluding carboxylic acids is 1. The quantitative estimate of drug-likeness (QED) is 0.221. The van der Waals surface area contributed by atoms with E-state index in [1.165, 1.54) is 0 Å². The minimum Gasteiger partial charge on any atom is -1.00 e. The van der Waals surface area contributed by atoms with Gasteiger partial charge in [0.05, 0.1) is 0 Å². The fraction of sp³-hybridized carbons (Fsp3) is 0.333. The predicted molar refractivity (Wildman–Crippen MR) is 45.3 cm³/mol. The molecule has 0 aliphatic carbocycles. The van der Waals surface area contributed by atoms with Crippen LogP contribution >= 0.6 is 0 Å². The summed E-state index contributed by atoms with van der Waals surface area (Å²) in [6, 6.07) is 0. The Bertz CT molecular complexity index is 350. The Hall–Kier alpha value is -0.410. The largest absolute Gasteiger partial charge is 1.00 e. The van der Waals surface area contributed by atoms with Crippen LogP contribution in [0.25, 0.3) is 0 Å². The van der Waals surface area contributed by atoms with Gasteiger partial charge in [-0.2, -0.15) is 8.42 Å². The maximum Gasteiger partial charge on any atom is 1.00 e. The number of esters is 1. The van der Waals surface area contributed by atoms with Gasteiger partial charge in [-0.3, -0.25) is 4.55 Å². The Morgan fingerprint density at radius 2 is 1.87 bits per heavy atom. The zero-order chi connectivity index (χ0) is 11.2. The molecule has 7 nitrogen and oxygen atoms in total. The second-order valence-corrected chi connectivity index (χ2v) is 3.70. The van der Waals surface area contributed by atoms with Crippen LogP contribution in [0.2, 0.25) is 0 Å². The van der Waals surface area contributed by atoms with Gasteiger partial charge in [0.1, 0.15) is 12.4 Å². The molecular formula is C6H9NaO7S. The number of carboxylic acid groups (broad SMARTS) is 1. The first-order chi connectivity index (χ1) is 6.31. The van der Waals surface area contributed by atoms with E-state index in [1.54, 1.807) is 0 Å². The molecule has 0 amide bonds. The summed E-state index contributed by atoms with van der Waals surface area (Å²) in [7, 11) is -4.17. The van der Waals surface area contributed by atoms with Crippen LogP contribution < -0.4 is 29.6 Å². The van der Waals surface area contributed by atoms with Gasteiger partial charge in [-0.1, -0.05) is 0 Å². The van der Waals surface area contributed by atoms with Crippen molar-refractivity contribution < 1.29 is 63.4 Å². The average Bonchev–Trinajstić information content (AvgIpc) is 1.98. The number of rotatable bonds is 5. The van der Waals surface area contributed by atoms with E-state index < -0.39 is 34.4 Å². The Balaban J connectivity index is -0.000000845. The summed E-state index contributed by atoms with van der Waals surface area (Å²) in [5.74, 6) is -3.03. The van der Waals surface area contributed by atoms with Gasteiger partial charge < -0.3 is 11.3 Å². The molecule has 2 N–H and O–H groups in total. The zero-order valence-corrected chi connectivity index (χ0v) is 10.7. The number of carboxylic acids is 1. The summed E-state index contributed by atoms with van der Waals surface area (Å²) in [6.07, 6.45) is 1.18. The molecule has 0 atom stereocenters. The van der Waals surface area contributed by atoms with Gasteiger partial charge in [0.2, 0.25) is 0 Å². The predicted octanol–water partition coefficient (Wildman–Crippen LogP) is -3.83. The molecule has 0 saturated heterocycles. The molecule has 0 radical (unpaired) electrons. The number of carbonyl (C=O) groups is 2. The minimum absolute atomic E-state index is 0. The molecule has 0 bridgehead atoms. The molecule has 15 heavy (non-hydrogen) atoms. The van der Waals surface area contributed by atoms with Gasteiger partial charge in [0.25, 0.3) is 10.1 Å². The van der Waals surface area contributed by atoms with Crippen molar-refractivity contribution in [2.24, 2.45) is 0 Å². The molecule has 0 aromatic carbocycles. The normalized spacial score (nSPS) is 10.7. The van der Waals surface area contributed by atoms with E-state index in [1.807, 2.05) is 0 Å². The van der Waals surface area contributed by atoms with Gasteiger partial charge in [-0.15, -0.1) is 0 Å². The van der Waals surface area contributed by atoms with Crippen molar-refractivity contribution in [2.45, 2.75) is 0 Å². The van der Waals surface area contributed by atoms with E-state index >= 15 is 0 Å². The van der Waals surface area contributed by atoms with Crippen molar-refractivity contribution in [1.29, 1.82) is 0 Å². The number of aliphatic carboxylic acids is 1. The van der Waals surface area contributed by atoms with Crippen molar-refractivity contribution >= 4 is 22.1 Å². The van der Waals surface area contributed by atoms with E-state index in [0.717, 1.165) is 0 Å². The molecule has 0 spiro atoms. The van der Waals surface area contributed by atoms with Crippen LogP contribution in [0.5, 0.6) is 0 Å². The number of ether oxygens (including phenoxy) is 1. The molecule has 0 saturated carbocycles. The fourth-order valence-electron chi connectivity index (χ4n) is 0.435. The third-order valence-electron chi connectivity index (χ3n) is 0.948. The zero-order valence-electron chi connectivity index (χ0n) is 8.91. The fourth-order valence-corrected chi connectivity index (χ4v) is 0.729. The summed E-state index contributed by atoms with van der Waals surface area (Å²) >= 11 is 0. The molecule has 0 fully saturated rings. The van der Waals surface area contributed by atoms with Crippen LogP contribution in [0.4, 0.5) is 0 Å². The average molecular weight is 248 g/mol. The van der Waals surface area contributed by atoms with Crippen molar-refractivity contribution in [3.8, 4) is 0 Å². The number of hydrogen-bond acceptors (Lipinski definition) is 5. The Labute approximate surface area is 110 Å². The molecule has 0 aromatic heterocycles. The molecule has 0 aliphatic rings. The molecule has 0 rings (SSSR count). The SMILES string of the molecule is O=C(O)/C=C\C(=O)OCCS(=O)(=O)O.[H-].[Na+]. The topological polar surface area (TPSA) is 118 Å². The van der Waals surface area contributed by atoms with Crippen molar-refractivity contribution in [2.75, 3.05) is 12.4 Å². The number of hydrogen-bond donors (Lipinski definition) is 2. The first-order valence-electron chi connectivity index (χ1n) is 3.34. The molecule has 0 aliphatic heterocycles. The Morgan fingerprint density at radius 1 is 1.33 bits per heavy atom. The Kier molecular flexibility index (Phi) is 8.87. The summed E-state index contributed by atoms with van der Waals surface area (Å²) in [4.78, 5) is 20.5. The summed E-state index contributed by atoms with van der Waals surface area (Å²) < 4.78 is 32.7. The molecular weight excluding hydrogens is 239 g/mol. The molecule has 0 aromatic rings. The maximum atomic E-state index is 10.6. The summed E-state index contributed by atoms with van der Waals surface area (Å²) in [5, 5.41) is 8.09. The third-order valence-corrected chi connectivity index (χ3v) is 1.63. The summed E-state index contributed by atoms with van der Waals surface area (Å²) in [6.45, 7) is -0.526. The summed E-state index contributed by atoms with van der Waals surface area (Å²) in [5.41, 5.74) is 0. The maximum absolute atomic E-state index is 10.6. The van der Waals surface area contributed by atoms with Crippen LogP contribution in [0.1, 0.15) is 1.43 Å². The van der Waals surface area contributed by atoms with E-state index in [9.17, 15) is 18.0 Å². The van der Waals surface area contributed by atoms with Gasteiger partial charge in [0, 0.05) is 12.2 Å². The van der Waals surface area contributed by atoms with Gasteiger partial charge in [-0.05, 0) is 0 Å². The molecule has 9 heteroatoms. The molecule has 82 valence electrons. The van der Waals surface area contributed by atoms with Crippen LogP contribution in [-0.2, 0) is 24.4 Å². The van der Waals surface area contributed by atoms with E-state index in [0.29, 0.717) is 12.2 Å². The van der Waals surface area contributed by atoms with E-state index in [4.69, 9.17) is 9.66 Å². The van der Waals surface area contributed by atoms with Gasteiger partial charge >= 0.3 is 41.5 Å².